The molecular formula is C13H14N2O4S. The predicted molar refractivity (Wildman–Crippen MR) is 70.9 cm³/mol. The van der Waals surface area contributed by atoms with Gasteiger partial charge in [0, 0.05) is 5.56 Å². The molecule has 0 aromatic heterocycles. The largest absolute Gasteiger partial charge is 0.322 e. The van der Waals surface area contributed by atoms with E-state index in [2.05, 4.69) is 10.6 Å². The highest BCUT2D eigenvalue weighted by Crippen LogP contribution is 2.40. The van der Waals surface area contributed by atoms with E-state index in [1.807, 2.05) is 13.8 Å². The Balaban J connectivity index is 2.33. The van der Waals surface area contributed by atoms with Crippen LogP contribution >= 0.6 is 0 Å². The molecule has 1 aromatic rings. The van der Waals surface area contributed by atoms with Crippen molar-refractivity contribution in [3.05, 3.63) is 28.8 Å². The van der Waals surface area contributed by atoms with Crippen LogP contribution in [0.1, 0.15) is 23.1 Å². The van der Waals surface area contributed by atoms with E-state index in [0.717, 1.165) is 11.1 Å². The van der Waals surface area contributed by atoms with Crippen LogP contribution in [0, 0.1) is 13.8 Å². The van der Waals surface area contributed by atoms with Crippen LogP contribution in [0.15, 0.2) is 17.0 Å². The first kappa shape index (κ1) is 13.1. The van der Waals surface area contributed by atoms with Gasteiger partial charge >= 0.3 is 6.03 Å². The lowest BCUT2D eigenvalue weighted by Gasteiger charge is -2.33. The molecule has 2 N–H and O–H groups in total. The third-order valence-corrected chi connectivity index (χ3v) is 5.83. The van der Waals surface area contributed by atoms with Gasteiger partial charge in [-0.1, -0.05) is 6.07 Å². The van der Waals surface area contributed by atoms with Crippen molar-refractivity contribution >= 4 is 21.8 Å². The number of imide groups is 1. The number of hydrogen-bond donors (Lipinski definition) is 2. The molecule has 0 aliphatic carbocycles. The summed E-state index contributed by atoms with van der Waals surface area (Å²) in [6, 6.07) is 2.68. The van der Waals surface area contributed by atoms with Gasteiger partial charge in [-0.3, -0.25) is 10.1 Å². The smallest absolute Gasteiger partial charge is 0.319 e. The molecule has 0 radical (unpaired) electrons. The number of hydrogen-bond acceptors (Lipinski definition) is 4. The molecule has 106 valence electrons. The molecule has 0 bridgehead atoms. The molecule has 0 saturated carbocycles. The van der Waals surface area contributed by atoms with E-state index in [1.165, 1.54) is 0 Å². The quantitative estimate of drug-likeness (QED) is 0.682. The Hall–Kier alpha value is -1.89. The van der Waals surface area contributed by atoms with Crippen LogP contribution in [0.5, 0.6) is 0 Å². The van der Waals surface area contributed by atoms with Gasteiger partial charge in [0.2, 0.25) is 0 Å². The minimum Gasteiger partial charge on any atom is -0.319 e. The number of nitrogens with one attached hydrogen (secondary N) is 2. The van der Waals surface area contributed by atoms with Crippen LogP contribution < -0.4 is 10.6 Å². The van der Waals surface area contributed by atoms with E-state index in [-0.39, 0.29) is 17.1 Å². The number of carbonyl (C=O) groups excluding carboxylic acids is 2. The second-order valence-electron chi connectivity index (χ2n) is 5.32. The first-order valence-electron chi connectivity index (χ1n) is 6.24. The normalized spacial score (nSPS) is 27.1. The molecule has 2 aliphatic heterocycles. The SMILES string of the molecule is Cc1cc2c(cc1C)S(=O)(=O)CCC21NC(=O)NC1=O. The first-order valence-corrected chi connectivity index (χ1v) is 7.89. The third kappa shape index (κ3) is 1.59. The average Bonchev–Trinajstić information content (AvgIpc) is 2.64. The Kier molecular flexibility index (Phi) is 2.50. The summed E-state index contributed by atoms with van der Waals surface area (Å²) in [6.07, 6.45) is 0.0579. The Bertz CT molecular complexity index is 754. The van der Waals surface area contributed by atoms with Gasteiger partial charge in [0.15, 0.2) is 9.84 Å². The summed E-state index contributed by atoms with van der Waals surface area (Å²) in [5, 5.41) is 4.79. The van der Waals surface area contributed by atoms with Gasteiger partial charge in [-0.2, -0.15) is 0 Å². The summed E-state index contributed by atoms with van der Waals surface area (Å²) in [6.45, 7) is 3.67. The fourth-order valence-corrected chi connectivity index (χ4v) is 4.49. The molecule has 1 atom stereocenters. The molecule has 1 saturated heterocycles. The maximum atomic E-state index is 12.2. The summed E-state index contributed by atoms with van der Waals surface area (Å²) in [5.74, 6) is -0.641. The zero-order valence-electron chi connectivity index (χ0n) is 11.1. The number of urea groups is 1. The van der Waals surface area contributed by atoms with Crippen molar-refractivity contribution in [3.8, 4) is 0 Å². The molecule has 2 heterocycles. The minimum absolute atomic E-state index is 0.0579. The number of benzene rings is 1. The zero-order chi connectivity index (χ0) is 14.7. The average molecular weight is 294 g/mol. The number of fused-ring (bicyclic) bond motifs is 2. The van der Waals surface area contributed by atoms with E-state index in [4.69, 9.17) is 0 Å². The molecule has 1 unspecified atom stereocenters. The number of aryl methyl sites for hydroxylation is 2. The van der Waals surface area contributed by atoms with Crippen molar-refractivity contribution in [1.82, 2.24) is 10.6 Å². The highest BCUT2D eigenvalue weighted by molar-refractivity contribution is 7.91. The second-order valence-corrected chi connectivity index (χ2v) is 7.39. The molecule has 6 nitrogen and oxygen atoms in total. The lowest BCUT2D eigenvalue weighted by Crippen LogP contribution is -2.48. The van der Waals surface area contributed by atoms with Crippen LogP contribution in [0.4, 0.5) is 4.79 Å². The molecule has 3 rings (SSSR count). The maximum Gasteiger partial charge on any atom is 0.322 e. The molecule has 2 aliphatic rings. The molecule has 1 aromatic carbocycles. The Morgan fingerprint density at radius 1 is 1.15 bits per heavy atom. The van der Waals surface area contributed by atoms with Gasteiger partial charge in [0.1, 0.15) is 5.54 Å². The molecule has 20 heavy (non-hydrogen) atoms. The Labute approximate surface area is 116 Å². The lowest BCUT2D eigenvalue weighted by atomic mass is 9.85. The van der Waals surface area contributed by atoms with Crippen LogP contribution in [-0.4, -0.2) is 26.1 Å². The summed E-state index contributed by atoms with van der Waals surface area (Å²) < 4.78 is 24.4. The van der Waals surface area contributed by atoms with Crippen molar-refractivity contribution in [3.63, 3.8) is 0 Å². The number of amides is 3. The third-order valence-electron chi connectivity index (χ3n) is 4.08. The van der Waals surface area contributed by atoms with Crippen molar-refractivity contribution in [2.24, 2.45) is 0 Å². The second kappa shape index (κ2) is 3.82. The van der Waals surface area contributed by atoms with Gasteiger partial charge in [-0.15, -0.1) is 0 Å². The topological polar surface area (TPSA) is 92.3 Å². The summed E-state index contributed by atoms with van der Waals surface area (Å²) in [5.41, 5.74) is 0.842. The molecular weight excluding hydrogens is 280 g/mol. The van der Waals surface area contributed by atoms with Crippen molar-refractivity contribution in [1.29, 1.82) is 0 Å². The summed E-state index contributed by atoms with van der Waals surface area (Å²) in [4.78, 5) is 23.7. The van der Waals surface area contributed by atoms with Crippen LogP contribution in [0.3, 0.4) is 0 Å². The predicted octanol–water partition coefficient (Wildman–Crippen LogP) is 0.516. The fourth-order valence-electron chi connectivity index (χ4n) is 2.77. The van der Waals surface area contributed by atoms with Gasteiger partial charge < -0.3 is 5.32 Å². The molecule has 3 amide bonds. The van der Waals surface area contributed by atoms with Gasteiger partial charge in [0.25, 0.3) is 5.91 Å². The van der Waals surface area contributed by atoms with Crippen molar-refractivity contribution in [2.75, 3.05) is 5.75 Å². The van der Waals surface area contributed by atoms with Crippen molar-refractivity contribution in [2.45, 2.75) is 30.7 Å². The lowest BCUT2D eigenvalue weighted by molar-refractivity contribution is -0.124. The van der Waals surface area contributed by atoms with Gasteiger partial charge in [-0.05, 0) is 37.5 Å². The Morgan fingerprint density at radius 2 is 1.80 bits per heavy atom. The first-order chi connectivity index (χ1) is 9.26. The number of sulfone groups is 1. The van der Waals surface area contributed by atoms with Crippen molar-refractivity contribution < 1.29 is 18.0 Å². The molecule has 7 heteroatoms. The van der Waals surface area contributed by atoms with E-state index >= 15 is 0 Å². The van der Waals surface area contributed by atoms with Gasteiger partial charge in [0.05, 0.1) is 10.6 Å². The standard InChI is InChI=1S/C13H14N2O4S/c1-7-5-9-10(6-8(7)2)20(18,19)4-3-13(9)11(16)14-12(17)15-13/h5-6H,3-4H2,1-2H3,(H2,14,15,16,17). The van der Waals surface area contributed by atoms with Crippen LogP contribution in [-0.2, 0) is 20.2 Å². The van der Waals surface area contributed by atoms with E-state index in [0.29, 0.717) is 5.56 Å². The zero-order valence-corrected chi connectivity index (χ0v) is 11.9. The van der Waals surface area contributed by atoms with E-state index in [1.54, 1.807) is 12.1 Å². The number of carbonyl (C=O) groups is 2. The summed E-state index contributed by atoms with van der Waals surface area (Å²) >= 11 is 0. The minimum atomic E-state index is -3.42. The van der Waals surface area contributed by atoms with E-state index < -0.39 is 27.3 Å². The van der Waals surface area contributed by atoms with E-state index in [9.17, 15) is 18.0 Å². The highest BCUT2D eigenvalue weighted by atomic mass is 32.2. The molecule has 1 spiro atoms. The highest BCUT2D eigenvalue weighted by Gasteiger charge is 2.53. The Morgan fingerprint density at radius 3 is 2.40 bits per heavy atom. The van der Waals surface area contributed by atoms with Gasteiger partial charge in [-0.25, -0.2) is 13.2 Å². The molecule has 1 fully saturated rings. The monoisotopic (exact) mass is 294 g/mol. The van der Waals surface area contributed by atoms with Crippen LogP contribution in [0.25, 0.3) is 0 Å². The fraction of sp³-hybridized carbons (Fsp3) is 0.385. The number of rotatable bonds is 0. The summed E-state index contributed by atoms with van der Waals surface area (Å²) in [7, 11) is -3.42. The maximum absolute atomic E-state index is 12.2. The van der Waals surface area contributed by atoms with Crippen LogP contribution in [0.2, 0.25) is 0 Å².